The minimum absolute atomic E-state index is 0. The quantitative estimate of drug-likeness (QED) is 0.841. The van der Waals surface area contributed by atoms with Crippen LogP contribution in [0.25, 0.3) is 0 Å². The van der Waals surface area contributed by atoms with Gasteiger partial charge in [-0.1, -0.05) is 6.92 Å². The molecule has 1 amide bonds. The monoisotopic (exact) mass is 313 g/mol. The van der Waals surface area contributed by atoms with Crippen LogP contribution in [0.4, 0.5) is 0 Å². The number of halogens is 2. The van der Waals surface area contributed by atoms with Gasteiger partial charge in [-0.25, -0.2) is 0 Å². The maximum atomic E-state index is 12.2. The zero-order chi connectivity index (χ0) is 13.1. The number of carbonyl (C=O) groups excluding carboxylic acids is 1. The lowest BCUT2D eigenvalue weighted by atomic mass is 9.92. The second-order valence-electron chi connectivity index (χ2n) is 5.70. The van der Waals surface area contributed by atoms with Crippen molar-refractivity contribution >= 4 is 30.7 Å². The first-order chi connectivity index (χ1) is 7.92. The second-order valence-corrected chi connectivity index (χ2v) is 5.70. The smallest absolute Gasteiger partial charge is 0.229 e. The highest BCUT2D eigenvalue weighted by atomic mass is 35.5. The van der Waals surface area contributed by atoms with Crippen molar-refractivity contribution in [3.05, 3.63) is 0 Å². The summed E-state index contributed by atoms with van der Waals surface area (Å²) in [5.74, 6) is 0.156. The number of hydrogen-bond donors (Lipinski definition) is 1. The van der Waals surface area contributed by atoms with E-state index in [-0.39, 0.29) is 30.7 Å². The third kappa shape index (κ3) is 5.46. The van der Waals surface area contributed by atoms with Crippen LogP contribution in [0.5, 0.6) is 0 Å². The number of nitrogens with zero attached hydrogens (tertiary/aromatic N) is 2. The highest BCUT2D eigenvalue weighted by molar-refractivity contribution is 5.85. The fraction of sp³-hybridized carbons (Fsp3) is 0.923. The molecule has 0 aromatic carbocycles. The third-order valence-corrected chi connectivity index (χ3v) is 3.83. The highest BCUT2D eigenvalue weighted by Crippen LogP contribution is 2.20. The molecule has 6 heteroatoms. The largest absolute Gasteiger partial charge is 0.344 e. The van der Waals surface area contributed by atoms with Crippen LogP contribution in [0.15, 0.2) is 0 Å². The van der Waals surface area contributed by atoms with Gasteiger partial charge in [-0.05, 0) is 39.8 Å². The summed E-state index contributed by atoms with van der Waals surface area (Å²) in [7, 11) is 1.89. The van der Waals surface area contributed by atoms with Crippen LogP contribution in [0.3, 0.4) is 0 Å². The molecular weight excluding hydrogens is 285 g/mol. The predicted molar refractivity (Wildman–Crippen MR) is 85.2 cm³/mol. The summed E-state index contributed by atoms with van der Waals surface area (Å²) in [5, 5.41) is 0. The number of hydrogen-bond acceptors (Lipinski definition) is 3. The van der Waals surface area contributed by atoms with Crippen LogP contribution in [0.1, 0.15) is 33.6 Å². The molecule has 0 aliphatic carbocycles. The number of carbonyl (C=O) groups is 1. The maximum Gasteiger partial charge on any atom is 0.229 e. The van der Waals surface area contributed by atoms with Gasteiger partial charge in [0.1, 0.15) is 0 Å². The number of nitrogens with two attached hydrogens (primary N) is 1. The Kier molecular flexibility index (Phi) is 10.1. The van der Waals surface area contributed by atoms with Gasteiger partial charge in [-0.2, -0.15) is 0 Å². The molecule has 4 nitrogen and oxygen atoms in total. The maximum absolute atomic E-state index is 12.2. The minimum Gasteiger partial charge on any atom is -0.344 e. The molecule has 2 N–H and O–H groups in total. The predicted octanol–water partition coefficient (Wildman–Crippen LogP) is 1.76. The summed E-state index contributed by atoms with van der Waals surface area (Å²) in [6, 6.07) is 0.530. The van der Waals surface area contributed by atoms with Crippen molar-refractivity contribution in [2.45, 2.75) is 39.7 Å². The average molecular weight is 314 g/mol. The Labute approximate surface area is 129 Å². The number of amides is 1. The van der Waals surface area contributed by atoms with E-state index in [4.69, 9.17) is 5.73 Å². The first-order valence-electron chi connectivity index (χ1n) is 6.62. The molecular formula is C13H29Cl2N3O. The van der Waals surface area contributed by atoms with E-state index in [1.165, 1.54) is 19.4 Å². The first-order valence-corrected chi connectivity index (χ1v) is 6.62. The van der Waals surface area contributed by atoms with Gasteiger partial charge in [0.2, 0.25) is 5.91 Å². The van der Waals surface area contributed by atoms with Crippen LogP contribution >= 0.6 is 24.8 Å². The van der Waals surface area contributed by atoms with Crippen LogP contribution in [-0.4, -0.2) is 55.0 Å². The molecule has 19 heavy (non-hydrogen) atoms. The van der Waals surface area contributed by atoms with E-state index >= 15 is 0 Å². The van der Waals surface area contributed by atoms with Crippen molar-refractivity contribution in [3.63, 3.8) is 0 Å². The number of likely N-dealkylation sites (tertiary alicyclic amines) is 1. The second kappa shape index (κ2) is 9.01. The van der Waals surface area contributed by atoms with Crippen molar-refractivity contribution in [2.24, 2.45) is 11.1 Å². The van der Waals surface area contributed by atoms with E-state index in [0.717, 1.165) is 13.1 Å². The molecule has 1 fully saturated rings. The molecule has 116 valence electrons. The van der Waals surface area contributed by atoms with Crippen molar-refractivity contribution < 1.29 is 4.79 Å². The van der Waals surface area contributed by atoms with Crippen LogP contribution in [0, 0.1) is 5.41 Å². The normalized spacial score (nSPS) is 19.5. The van der Waals surface area contributed by atoms with E-state index in [0.29, 0.717) is 12.6 Å². The summed E-state index contributed by atoms with van der Waals surface area (Å²) < 4.78 is 0. The molecule has 1 heterocycles. The van der Waals surface area contributed by atoms with Crippen molar-refractivity contribution in [3.8, 4) is 0 Å². The number of rotatable bonds is 5. The van der Waals surface area contributed by atoms with Gasteiger partial charge in [0, 0.05) is 26.2 Å². The molecule has 1 atom stereocenters. The van der Waals surface area contributed by atoms with Crippen LogP contribution in [0.2, 0.25) is 0 Å². The van der Waals surface area contributed by atoms with Gasteiger partial charge >= 0.3 is 0 Å². The molecule has 0 aromatic rings. The van der Waals surface area contributed by atoms with Gasteiger partial charge in [0.05, 0.1) is 5.41 Å². The molecule has 1 aliphatic heterocycles. The highest BCUT2D eigenvalue weighted by Gasteiger charge is 2.32. The molecule has 0 spiro atoms. The Morgan fingerprint density at radius 1 is 1.42 bits per heavy atom. The summed E-state index contributed by atoms with van der Waals surface area (Å²) in [6.45, 7) is 9.49. The molecule has 0 bridgehead atoms. The van der Waals surface area contributed by atoms with E-state index in [9.17, 15) is 4.79 Å². The third-order valence-electron chi connectivity index (χ3n) is 3.83. The van der Waals surface area contributed by atoms with Gasteiger partial charge < -0.3 is 10.6 Å². The fourth-order valence-electron chi connectivity index (χ4n) is 2.52. The summed E-state index contributed by atoms with van der Waals surface area (Å²) in [6.07, 6.45) is 2.45. The summed E-state index contributed by atoms with van der Waals surface area (Å²) in [4.78, 5) is 16.5. The van der Waals surface area contributed by atoms with Gasteiger partial charge in [0.25, 0.3) is 0 Å². The van der Waals surface area contributed by atoms with Crippen LogP contribution < -0.4 is 5.73 Å². The molecule has 1 aliphatic rings. The Morgan fingerprint density at radius 3 is 2.47 bits per heavy atom. The molecule has 1 rings (SSSR count). The standard InChI is InChI=1S/C13H27N3O.2ClH/c1-5-16-8-6-7-11(16)9-15(4)12(17)13(2,3)10-14;;/h11H,5-10,14H2,1-4H3;2*1H. The van der Waals surface area contributed by atoms with Gasteiger partial charge in [0.15, 0.2) is 0 Å². The molecule has 0 aromatic heterocycles. The molecule has 1 saturated heterocycles. The van der Waals surface area contributed by atoms with Crippen molar-refractivity contribution in [2.75, 3.05) is 33.2 Å². The van der Waals surface area contributed by atoms with E-state index in [2.05, 4.69) is 11.8 Å². The molecule has 1 unspecified atom stereocenters. The number of likely N-dealkylation sites (N-methyl/N-ethyl adjacent to an activating group) is 2. The first kappa shape index (κ1) is 21.3. The van der Waals surface area contributed by atoms with Crippen molar-refractivity contribution in [1.82, 2.24) is 9.80 Å². The topological polar surface area (TPSA) is 49.6 Å². The van der Waals surface area contributed by atoms with E-state index < -0.39 is 5.41 Å². The fourth-order valence-corrected chi connectivity index (χ4v) is 2.52. The Bertz CT molecular complexity index is 275. The van der Waals surface area contributed by atoms with E-state index in [1.54, 1.807) is 0 Å². The Hall–Kier alpha value is -0.0300. The lowest BCUT2D eigenvalue weighted by Gasteiger charge is -2.32. The SMILES string of the molecule is CCN1CCCC1CN(C)C(=O)C(C)(C)CN.Cl.Cl. The zero-order valence-electron chi connectivity index (χ0n) is 12.5. The lowest BCUT2D eigenvalue weighted by molar-refractivity contribution is -0.139. The van der Waals surface area contributed by atoms with Gasteiger partial charge in [-0.15, -0.1) is 24.8 Å². The lowest BCUT2D eigenvalue weighted by Crippen LogP contribution is -2.47. The summed E-state index contributed by atoms with van der Waals surface area (Å²) in [5.41, 5.74) is 5.21. The molecule has 0 saturated carbocycles. The van der Waals surface area contributed by atoms with Gasteiger partial charge in [-0.3, -0.25) is 9.69 Å². The Balaban J connectivity index is 0. The minimum atomic E-state index is -0.440. The molecule has 0 radical (unpaired) electrons. The Morgan fingerprint density at radius 2 is 2.00 bits per heavy atom. The average Bonchev–Trinajstić information content (AvgIpc) is 2.75. The van der Waals surface area contributed by atoms with Crippen LogP contribution in [-0.2, 0) is 4.79 Å². The van der Waals surface area contributed by atoms with Crippen molar-refractivity contribution in [1.29, 1.82) is 0 Å². The summed E-state index contributed by atoms with van der Waals surface area (Å²) >= 11 is 0. The van der Waals surface area contributed by atoms with E-state index in [1.807, 2.05) is 25.8 Å². The zero-order valence-corrected chi connectivity index (χ0v) is 14.1.